The van der Waals surface area contributed by atoms with Gasteiger partial charge in [0.05, 0.1) is 11.3 Å². The topological polar surface area (TPSA) is 117 Å². The fourth-order valence-corrected chi connectivity index (χ4v) is 6.07. The Kier molecular flexibility index (Phi) is 6.50. The molecule has 2 aromatic rings. The smallest absolute Gasteiger partial charge is 0.330 e. The SMILES string of the molecule is CC(C)c1cncc(C(C)C)c1NC(=O)NS(C)(N)(=O)c1sc(C(C)(C)O)cc1F. The van der Waals surface area contributed by atoms with Gasteiger partial charge in [-0.2, -0.15) is 0 Å². The average Bonchev–Trinajstić information content (AvgIpc) is 2.97. The van der Waals surface area contributed by atoms with Gasteiger partial charge in [-0.05, 0) is 42.9 Å². The maximum absolute atomic E-state index is 14.6. The van der Waals surface area contributed by atoms with E-state index in [9.17, 15) is 18.5 Å². The largest absolute Gasteiger partial charge is 0.385 e. The number of nitrogens with zero attached hydrogens (tertiary/aromatic N) is 1. The van der Waals surface area contributed by atoms with Crippen molar-refractivity contribution in [2.45, 2.75) is 63.2 Å². The summed E-state index contributed by atoms with van der Waals surface area (Å²) in [5.41, 5.74) is 0.871. The number of carbonyl (C=O) groups excluding carboxylic acids is 1. The van der Waals surface area contributed by atoms with E-state index in [1.165, 1.54) is 13.8 Å². The van der Waals surface area contributed by atoms with Crippen molar-refractivity contribution in [1.29, 1.82) is 0 Å². The first-order chi connectivity index (χ1) is 13.5. The third kappa shape index (κ3) is 5.23. The molecule has 2 amide bonds. The number of thiophene rings is 1. The highest BCUT2D eigenvalue weighted by molar-refractivity contribution is 8.17. The molecule has 0 aliphatic rings. The molecule has 0 aliphatic heterocycles. The van der Waals surface area contributed by atoms with Crippen molar-refractivity contribution in [2.24, 2.45) is 5.14 Å². The Morgan fingerprint density at radius 2 is 1.73 bits per heavy atom. The number of halogens is 1. The second-order valence-corrected chi connectivity index (χ2v) is 13.5. The molecule has 0 aromatic carbocycles. The number of aromatic nitrogens is 1. The molecular formula is C20H31FN4O3S2. The summed E-state index contributed by atoms with van der Waals surface area (Å²) >= 11 is 0.770. The molecule has 5 N–H and O–H groups in total. The minimum atomic E-state index is -4.58. The Morgan fingerprint density at radius 3 is 2.13 bits per heavy atom. The van der Waals surface area contributed by atoms with Crippen LogP contribution in [-0.4, -0.2) is 26.6 Å². The van der Waals surface area contributed by atoms with E-state index in [2.05, 4.69) is 15.0 Å². The molecule has 168 valence electrons. The molecule has 0 fully saturated rings. The number of hydrogen-bond acceptors (Lipinski definition) is 5. The summed E-state index contributed by atoms with van der Waals surface area (Å²) < 4.78 is 30.0. The number of nitrogens with two attached hydrogens (primary N) is 1. The number of aliphatic hydroxyl groups is 1. The molecule has 0 bridgehead atoms. The number of rotatable bonds is 6. The predicted octanol–water partition coefficient (Wildman–Crippen LogP) is 4.18. The van der Waals surface area contributed by atoms with E-state index in [1.807, 2.05) is 27.7 Å². The van der Waals surface area contributed by atoms with Crippen LogP contribution < -0.4 is 15.2 Å². The predicted molar refractivity (Wildman–Crippen MR) is 121 cm³/mol. The lowest BCUT2D eigenvalue weighted by Gasteiger charge is -2.34. The lowest BCUT2D eigenvalue weighted by Crippen LogP contribution is -2.57. The molecule has 0 aliphatic carbocycles. The van der Waals surface area contributed by atoms with Crippen LogP contribution in [-0.2, 0) is 15.0 Å². The maximum Gasteiger partial charge on any atom is 0.330 e. The Balaban J connectivity index is 2.41. The fraction of sp³-hybridized carbons (Fsp3) is 0.500. The summed E-state index contributed by atoms with van der Waals surface area (Å²) in [4.78, 5) is 17.3. The quantitative estimate of drug-likeness (QED) is 0.519. The number of hydrogen-bond donors (Lipinski definition) is 4. The van der Waals surface area contributed by atoms with Gasteiger partial charge in [-0.25, -0.2) is 13.4 Å². The van der Waals surface area contributed by atoms with Crippen molar-refractivity contribution in [1.82, 2.24) is 9.71 Å². The number of anilines is 1. The van der Waals surface area contributed by atoms with Gasteiger partial charge in [0.15, 0.2) is 5.82 Å². The third-order valence-electron chi connectivity index (χ3n) is 4.55. The molecule has 0 saturated heterocycles. The first-order valence-corrected chi connectivity index (χ1v) is 12.8. The minimum Gasteiger partial charge on any atom is -0.385 e. The van der Waals surface area contributed by atoms with Gasteiger partial charge >= 0.3 is 6.03 Å². The summed E-state index contributed by atoms with van der Waals surface area (Å²) in [5, 5.41) is 18.9. The van der Waals surface area contributed by atoms with Crippen molar-refractivity contribution in [3.05, 3.63) is 40.3 Å². The van der Waals surface area contributed by atoms with Crippen LogP contribution in [0.3, 0.4) is 0 Å². The number of pyridine rings is 1. The lowest BCUT2D eigenvalue weighted by atomic mass is 9.95. The van der Waals surface area contributed by atoms with E-state index < -0.39 is 26.9 Å². The first-order valence-electron chi connectivity index (χ1n) is 9.55. The Bertz CT molecular complexity index is 993. The molecule has 2 rings (SSSR count). The van der Waals surface area contributed by atoms with Crippen molar-refractivity contribution < 1.29 is 18.5 Å². The van der Waals surface area contributed by atoms with Crippen LogP contribution in [0.1, 0.15) is 69.4 Å². The van der Waals surface area contributed by atoms with E-state index in [1.54, 1.807) is 12.4 Å². The molecule has 2 heterocycles. The fourth-order valence-electron chi connectivity index (χ4n) is 2.93. The monoisotopic (exact) mass is 458 g/mol. The summed E-state index contributed by atoms with van der Waals surface area (Å²) in [6.07, 6.45) is 4.44. The van der Waals surface area contributed by atoms with E-state index in [4.69, 9.17) is 5.14 Å². The zero-order valence-corrected chi connectivity index (χ0v) is 20.0. The van der Waals surface area contributed by atoms with E-state index in [0.717, 1.165) is 34.8 Å². The van der Waals surface area contributed by atoms with Gasteiger partial charge in [0.1, 0.15) is 4.21 Å². The summed E-state index contributed by atoms with van der Waals surface area (Å²) in [5.74, 6) is -0.680. The minimum absolute atomic E-state index is 0.0793. The van der Waals surface area contributed by atoms with E-state index in [-0.39, 0.29) is 20.9 Å². The average molecular weight is 459 g/mol. The molecule has 0 saturated carbocycles. The normalized spacial score (nSPS) is 13.9. The molecule has 0 radical (unpaired) electrons. The van der Waals surface area contributed by atoms with Gasteiger partial charge in [0.25, 0.3) is 0 Å². The molecule has 7 nitrogen and oxygen atoms in total. The Labute approximate surface area is 181 Å². The van der Waals surface area contributed by atoms with E-state index >= 15 is 0 Å². The highest BCUT2D eigenvalue weighted by Crippen LogP contribution is 2.38. The molecule has 0 atom stereocenters. The highest BCUT2D eigenvalue weighted by atomic mass is 32.3. The van der Waals surface area contributed by atoms with Crippen molar-refractivity contribution in [3.63, 3.8) is 0 Å². The molecule has 30 heavy (non-hydrogen) atoms. The number of carbonyl (C=O) groups is 1. The van der Waals surface area contributed by atoms with Crippen molar-refractivity contribution >= 4 is 32.5 Å². The van der Waals surface area contributed by atoms with Crippen LogP contribution in [0.4, 0.5) is 14.9 Å². The van der Waals surface area contributed by atoms with Gasteiger partial charge in [-0.15, -0.1) is 11.3 Å². The summed E-state index contributed by atoms with van der Waals surface area (Å²) in [6, 6.07) is 0.268. The molecule has 0 spiro atoms. The number of urea groups is 1. The number of nitrogens with one attached hydrogen (secondary N) is 2. The van der Waals surface area contributed by atoms with Gasteiger partial charge in [0.2, 0.25) is 0 Å². The van der Waals surface area contributed by atoms with Gasteiger partial charge < -0.3 is 10.4 Å². The van der Waals surface area contributed by atoms with Gasteiger partial charge in [-0.1, -0.05) is 27.7 Å². The Morgan fingerprint density at radius 1 is 1.23 bits per heavy atom. The van der Waals surface area contributed by atoms with Crippen LogP contribution in [0.5, 0.6) is 0 Å². The second kappa shape index (κ2) is 7.99. The van der Waals surface area contributed by atoms with Gasteiger partial charge in [-0.3, -0.25) is 14.8 Å². The highest BCUT2D eigenvalue weighted by Gasteiger charge is 2.37. The van der Waals surface area contributed by atoms with Crippen molar-refractivity contribution in [2.75, 3.05) is 11.6 Å². The molecular weight excluding hydrogens is 427 g/mol. The maximum atomic E-state index is 14.6. The van der Waals surface area contributed by atoms with Gasteiger partial charge in [0, 0.05) is 33.0 Å². The van der Waals surface area contributed by atoms with Crippen LogP contribution in [0.15, 0.2) is 22.7 Å². The van der Waals surface area contributed by atoms with Crippen LogP contribution in [0.25, 0.3) is 0 Å². The molecule has 0 unspecified atom stereocenters. The lowest BCUT2D eigenvalue weighted by molar-refractivity contribution is 0.0823. The summed E-state index contributed by atoms with van der Waals surface area (Å²) in [6.45, 7) is 10.8. The van der Waals surface area contributed by atoms with Crippen LogP contribution in [0.2, 0.25) is 0 Å². The van der Waals surface area contributed by atoms with Crippen LogP contribution >= 0.6 is 11.3 Å². The number of amides is 2. The van der Waals surface area contributed by atoms with Crippen LogP contribution in [0, 0.1) is 5.82 Å². The molecule has 10 heteroatoms. The first kappa shape index (κ1) is 24.4. The zero-order chi connectivity index (χ0) is 23.1. The van der Waals surface area contributed by atoms with Crippen molar-refractivity contribution in [3.8, 4) is 0 Å². The zero-order valence-electron chi connectivity index (χ0n) is 18.4. The Hall–Kier alpha value is -1.88. The summed E-state index contributed by atoms with van der Waals surface area (Å²) in [7, 11) is -4.58. The standard InChI is InChI=1S/C20H31FN4O3S2/c1-11(2)13-9-23-10-14(12(3)4)17(13)24-19(26)25-30(7,22,28)18-15(21)8-16(29-18)20(5,6)27/h8-12,27H,1-7H3,(H4,22,23,24,25,26,28). The van der Waals surface area contributed by atoms with E-state index in [0.29, 0.717) is 5.69 Å². The second-order valence-electron chi connectivity index (χ2n) is 8.77. The third-order valence-corrected chi connectivity index (χ3v) is 9.07. The molecule has 2 aromatic heterocycles.